The summed E-state index contributed by atoms with van der Waals surface area (Å²) in [5.41, 5.74) is 3.21. The molecule has 0 saturated carbocycles. The Labute approximate surface area is 171 Å². The maximum atomic E-state index is 12.3. The summed E-state index contributed by atoms with van der Waals surface area (Å²) in [6.45, 7) is 6.69. The fourth-order valence-corrected chi connectivity index (χ4v) is 3.74. The minimum Gasteiger partial charge on any atom is -0.452 e. The lowest BCUT2D eigenvalue weighted by atomic mass is 10.1. The first-order chi connectivity index (χ1) is 13.5. The van der Waals surface area contributed by atoms with Crippen molar-refractivity contribution in [1.82, 2.24) is 5.32 Å². The number of nitrogens with one attached hydrogen (secondary N) is 1. The van der Waals surface area contributed by atoms with E-state index in [4.69, 9.17) is 9.88 Å². The van der Waals surface area contributed by atoms with Crippen LogP contribution in [0.2, 0.25) is 0 Å². The normalized spacial score (nSPS) is 12.3. The van der Waals surface area contributed by atoms with Crippen LogP contribution in [-0.2, 0) is 26.0 Å². The molecule has 2 rings (SSSR count). The Hall–Kier alpha value is -2.71. The average molecular weight is 419 g/mol. The van der Waals surface area contributed by atoms with Crippen LogP contribution in [0.3, 0.4) is 0 Å². The predicted octanol–water partition coefficient (Wildman–Crippen LogP) is 2.55. The van der Waals surface area contributed by atoms with E-state index in [0.717, 1.165) is 18.1 Å². The van der Waals surface area contributed by atoms with E-state index in [9.17, 15) is 18.0 Å². The van der Waals surface area contributed by atoms with Gasteiger partial charge in [-0.2, -0.15) is 0 Å². The number of primary sulfonamides is 1. The van der Waals surface area contributed by atoms with Gasteiger partial charge in [-0.1, -0.05) is 31.2 Å². The molecule has 0 aliphatic rings. The van der Waals surface area contributed by atoms with Crippen LogP contribution in [0.5, 0.6) is 0 Å². The van der Waals surface area contributed by atoms with Crippen molar-refractivity contribution >= 4 is 21.9 Å². The number of sulfonamides is 1. The highest BCUT2D eigenvalue weighted by molar-refractivity contribution is 7.89. The van der Waals surface area contributed by atoms with Crippen molar-refractivity contribution in [2.75, 3.05) is 6.61 Å². The summed E-state index contributed by atoms with van der Waals surface area (Å²) in [6.07, 6.45) is 0.933. The SMILES string of the molecule is CCc1ccc(C(C)NC(=O)COC(=O)c2cc(C)c(C)c(S(N)(=O)=O)c2)cc1. The Morgan fingerprint density at radius 1 is 1.14 bits per heavy atom. The van der Waals surface area contributed by atoms with Crippen LogP contribution in [0.25, 0.3) is 0 Å². The molecule has 3 N–H and O–H groups in total. The second-order valence-electron chi connectivity index (χ2n) is 6.92. The smallest absolute Gasteiger partial charge is 0.338 e. The first-order valence-corrected chi connectivity index (χ1v) is 10.8. The average Bonchev–Trinajstić information content (AvgIpc) is 2.67. The standard InChI is InChI=1S/C21H26N2O5S/c1-5-16-6-8-17(9-7-16)15(4)23-20(24)12-28-21(25)18-10-13(2)14(3)19(11-18)29(22,26)27/h6-11,15H,5,12H2,1-4H3,(H,23,24)(H2,22,26,27). The van der Waals surface area contributed by atoms with E-state index in [2.05, 4.69) is 12.2 Å². The highest BCUT2D eigenvalue weighted by Crippen LogP contribution is 2.20. The third kappa shape index (κ3) is 5.88. The van der Waals surface area contributed by atoms with E-state index < -0.39 is 28.5 Å². The molecule has 0 aliphatic heterocycles. The second-order valence-corrected chi connectivity index (χ2v) is 8.45. The van der Waals surface area contributed by atoms with Crippen molar-refractivity contribution < 1.29 is 22.7 Å². The summed E-state index contributed by atoms with van der Waals surface area (Å²) >= 11 is 0. The zero-order chi connectivity index (χ0) is 21.8. The number of aryl methyl sites for hydroxylation is 2. The molecule has 0 bridgehead atoms. The molecule has 0 aliphatic carbocycles. The van der Waals surface area contributed by atoms with E-state index in [1.807, 2.05) is 31.2 Å². The maximum Gasteiger partial charge on any atom is 0.338 e. The molecular weight excluding hydrogens is 392 g/mol. The van der Waals surface area contributed by atoms with Crippen molar-refractivity contribution in [3.8, 4) is 0 Å². The van der Waals surface area contributed by atoms with Crippen LogP contribution in [-0.4, -0.2) is 26.9 Å². The summed E-state index contributed by atoms with van der Waals surface area (Å²) in [5.74, 6) is -1.26. The molecule has 0 fully saturated rings. The zero-order valence-electron chi connectivity index (χ0n) is 17.0. The van der Waals surface area contributed by atoms with E-state index in [-0.39, 0.29) is 16.5 Å². The molecule has 0 saturated heterocycles. The Morgan fingerprint density at radius 2 is 1.76 bits per heavy atom. The number of benzene rings is 2. The molecule has 8 heteroatoms. The van der Waals surface area contributed by atoms with Gasteiger partial charge in [-0.25, -0.2) is 18.4 Å². The first-order valence-electron chi connectivity index (χ1n) is 9.22. The molecule has 29 heavy (non-hydrogen) atoms. The van der Waals surface area contributed by atoms with Gasteiger partial charge in [-0.05, 0) is 61.6 Å². The number of hydrogen-bond donors (Lipinski definition) is 2. The Kier molecular flexibility index (Phi) is 7.16. The van der Waals surface area contributed by atoms with Crippen molar-refractivity contribution in [2.45, 2.75) is 45.1 Å². The van der Waals surface area contributed by atoms with Crippen LogP contribution >= 0.6 is 0 Å². The fraction of sp³-hybridized carbons (Fsp3) is 0.333. The molecule has 156 valence electrons. The third-order valence-corrected chi connectivity index (χ3v) is 5.80. The predicted molar refractivity (Wildman–Crippen MR) is 110 cm³/mol. The quantitative estimate of drug-likeness (QED) is 0.671. The van der Waals surface area contributed by atoms with Gasteiger partial charge >= 0.3 is 5.97 Å². The molecule has 2 aromatic carbocycles. The Bertz CT molecular complexity index is 1010. The van der Waals surface area contributed by atoms with Crippen molar-refractivity contribution in [3.05, 3.63) is 64.2 Å². The lowest BCUT2D eigenvalue weighted by Gasteiger charge is -2.15. The van der Waals surface area contributed by atoms with Crippen molar-refractivity contribution in [2.24, 2.45) is 5.14 Å². The topological polar surface area (TPSA) is 116 Å². The van der Waals surface area contributed by atoms with Crippen molar-refractivity contribution in [3.63, 3.8) is 0 Å². The number of ether oxygens (including phenoxy) is 1. The highest BCUT2D eigenvalue weighted by Gasteiger charge is 2.19. The Morgan fingerprint density at radius 3 is 2.31 bits per heavy atom. The van der Waals surface area contributed by atoms with Gasteiger partial charge in [-0.15, -0.1) is 0 Å². The minimum absolute atomic E-state index is 0.0214. The molecule has 0 aromatic heterocycles. The van der Waals surface area contributed by atoms with Crippen LogP contribution in [0.15, 0.2) is 41.3 Å². The molecule has 1 atom stereocenters. The number of hydrogen-bond acceptors (Lipinski definition) is 5. The number of amides is 1. The fourth-order valence-electron chi connectivity index (χ4n) is 2.86. The monoisotopic (exact) mass is 418 g/mol. The second kappa shape index (κ2) is 9.19. The molecule has 0 heterocycles. The molecule has 1 amide bonds. The van der Waals surface area contributed by atoms with Crippen LogP contribution in [0.1, 0.15) is 52.5 Å². The van der Waals surface area contributed by atoms with Gasteiger partial charge in [0.25, 0.3) is 5.91 Å². The summed E-state index contributed by atoms with van der Waals surface area (Å²) in [6, 6.07) is 10.3. The number of carbonyl (C=O) groups excluding carboxylic acids is 2. The van der Waals surface area contributed by atoms with E-state index in [1.54, 1.807) is 13.8 Å². The van der Waals surface area contributed by atoms with E-state index in [0.29, 0.717) is 11.1 Å². The lowest BCUT2D eigenvalue weighted by Crippen LogP contribution is -2.31. The van der Waals surface area contributed by atoms with Crippen LogP contribution in [0, 0.1) is 13.8 Å². The molecular formula is C21H26N2O5S. The lowest BCUT2D eigenvalue weighted by molar-refractivity contribution is -0.124. The van der Waals surface area contributed by atoms with Gasteiger partial charge in [0.1, 0.15) is 0 Å². The van der Waals surface area contributed by atoms with Gasteiger partial charge in [0, 0.05) is 0 Å². The van der Waals surface area contributed by atoms with Gasteiger partial charge in [-0.3, -0.25) is 4.79 Å². The zero-order valence-corrected chi connectivity index (χ0v) is 17.8. The molecule has 2 aromatic rings. The van der Waals surface area contributed by atoms with Crippen LogP contribution < -0.4 is 10.5 Å². The summed E-state index contributed by atoms with van der Waals surface area (Å²) in [7, 11) is -3.98. The number of rotatable bonds is 7. The maximum absolute atomic E-state index is 12.3. The number of carbonyl (C=O) groups is 2. The van der Waals surface area contributed by atoms with Gasteiger partial charge in [0.2, 0.25) is 10.0 Å². The van der Waals surface area contributed by atoms with Gasteiger partial charge < -0.3 is 10.1 Å². The minimum atomic E-state index is -3.98. The van der Waals surface area contributed by atoms with E-state index >= 15 is 0 Å². The number of nitrogens with two attached hydrogens (primary N) is 1. The number of esters is 1. The molecule has 0 spiro atoms. The van der Waals surface area contributed by atoms with Crippen LogP contribution in [0.4, 0.5) is 0 Å². The summed E-state index contributed by atoms with van der Waals surface area (Å²) in [5, 5.41) is 7.97. The Balaban J connectivity index is 2.01. The summed E-state index contributed by atoms with van der Waals surface area (Å²) in [4.78, 5) is 24.3. The van der Waals surface area contributed by atoms with Gasteiger partial charge in [0.05, 0.1) is 16.5 Å². The van der Waals surface area contributed by atoms with E-state index in [1.165, 1.54) is 11.6 Å². The third-order valence-electron chi connectivity index (χ3n) is 4.76. The van der Waals surface area contributed by atoms with Crippen molar-refractivity contribution in [1.29, 1.82) is 0 Å². The largest absolute Gasteiger partial charge is 0.452 e. The molecule has 1 unspecified atom stereocenters. The van der Waals surface area contributed by atoms with Gasteiger partial charge in [0.15, 0.2) is 6.61 Å². The first kappa shape index (κ1) is 22.6. The molecule has 0 radical (unpaired) electrons. The summed E-state index contributed by atoms with van der Waals surface area (Å²) < 4.78 is 28.4. The molecule has 7 nitrogen and oxygen atoms in total. The highest BCUT2D eigenvalue weighted by atomic mass is 32.2.